The molecule has 0 spiro atoms. The fourth-order valence-electron chi connectivity index (χ4n) is 2.10. The summed E-state index contributed by atoms with van der Waals surface area (Å²) in [5.74, 6) is -0.716. The minimum absolute atomic E-state index is 0.172. The summed E-state index contributed by atoms with van der Waals surface area (Å²) in [5.41, 5.74) is 1.66. The van der Waals surface area contributed by atoms with Crippen LogP contribution in [0.15, 0.2) is 11.0 Å². The van der Waals surface area contributed by atoms with E-state index in [0.29, 0.717) is 6.54 Å². The van der Waals surface area contributed by atoms with E-state index in [-0.39, 0.29) is 12.1 Å². The monoisotopic (exact) mass is 280 g/mol. The zero-order valence-electron chi connectivity index (χ0n) is 12.4. The lowest BCUT2D eigenvalue weighted by Crippen LogP contribution is -2.24. The molecular weight excluding hydrogens is 256 g/mol. The van der Waals surface area contributed by atoms with Crippen molar-refractivity contribution in [3.8, 4) is 0 Å². The van der Waals surface area contributed by atoms with Crippen LogP contribution in [0.4, 0.5) is 0 Å². The summed E-state index contributed by atoms with van der Waals surface area (Å²) < 4.78 is 1.67. The third-order valence-corrected chi connectivity index (χ3v) is 3.47. The number of aromatic nitrogens is 2. The molecule has 1 aromatic heterocycles. The number of nitrogens with zero attached hydrogens (tertiary/aromatic N) is 2. The Bertz CT molecular complexity index is 494. The summed E-state index contributed by atoms with van der Waals surface area (Å²) in [4.78, 5) is 26.0. The topological polar surface area (TPSA) is 72.2 Å². The standard InChI is InChI=1S/C15H24N2O3/c1-12-11-17(15(20)16-13(12)2)10-8-6-4-3-5-7-9-14(18)19/h11H,3-10H2,1-2H3,(H,18,19). The molecule has 0 aliphatic rings. The van der Waals surface area contributed by atoms with Crippen molar-refractivity contribution in [1.82, 2.24) is 9.55 Å². The van der Waals surface area contributed by atoms with Gasteiger partial charge in [0.05, 0.1) is 0 Å². The maximum atomic E-state index is 11.7. The van der Waals surface area contributed by atoms with Gasteiger partial charge >= 0.3 is 11.7 Å². The normalized spacial score (nSPS) is 10.7. The second kappa shape index (κ2) is 8.51. The molecule has 1 N–H and O–H groups in total. The average Bonchev–Trinajstić information content (AvgIpc) is 2.38. The van der Waals surface area contributed by atoms with E-state index in [0.717, 1.165) is 49.8 Å². The van der Waals surface area contributed by atoms with Crippen LogP contribution in [0.1, 0.15) is 56.2 Å². The third-order valence-electron chi connectivity index (χ3n) is 3.47. The van der Waals surface area contributed by atoms with E-state index in [1.165, 1.54) is 0 Å². The van der Waals surface area contributed by atoms with Crippen LogP contribution >= 0.6 is 0 Å². The molecule has 0 amide bonds. The van der Waals surface area contributed by atoms with Crippen molar-refractivity contribution in [2.45, 2.75) is 65.3 Å². The lowest BCUT2D eigenvalue weighted by Gasteiger charge is -2.07. The highest BCUT2D eigenvalue weighted by molar-refractivity contribution is 5.66. The van der Waals surface area contributed by atoms with Crippen molar-refractivity contribution in [1.29, 1.82) is 0 Å². The molecule has 5 nitrogen and oxygen atoms in total. The molecular formula is C15H24N2O3. The highest BCUT2D eigenvalue weighted by Crippen LogP contribution is 2.08. The quantitative estimate of drug-likeness (QED) is 0.706. The van der Waals surface area contributed by atoms with Gasteiger partial charge in [-0.1, -0.05) is 25.7 Å². The van der Waals surface area contributed by atoms with Gasteiger partial charge in [0.2, 0.25) is 0 Å². The van der Waals surface area contributed by atoms with Crippen LogP contribution in [0.5, 0.6) is 0 Å². The van der Waals surface area contributed by atoms with E-state index in [4.69, 9.17) is 5.11 Å². The maximum absolute atomic E-state index is 11.7. The molecule has 0 saturated heterocycles. The molecule has 0 bridgehead atoms. The highest BCUT2D eigenvalue weighted by Gasteiger charge is 2.01. The lowest BCUT2D eigenvalue weighted by atomic mass is 10.1. The van der Waals surface area contributed by atoms with Crippen molar-refractivity contribution in [2.75, 3.05) is 0 Å². The molecule has 0 atom stereocenters. The van der Waals surface area contributed by atoms with E-state index in [2.05, 4.69) is 4.98 Å². The zero-order valence-corrected chi connectivity index (χ0v) is 12.4. The predicted octanol–water partition coefficient (Wildman–Crippen LogP) is 2.68. The first-order chi connectivity index (χ1) is 9.50. The largest absolute Gasteiger partial charge is 0.481 e. The van der Waals surface area contributed by atoms with Gasteiger partial charge in [0.15, 0.2) is 0 Å². The van der Waals surface area contributed by atoms with Crippen molar-refractivity contribution in [2.24, 2.45) is 0 Å². The van der Waals surface area contributed by atoms with E-state index < -0.39 is 5.97 Å². The van der Waals surface area contributed by atoms with Crippen molar-refractivity contribution >= 4 is 5.97 Å². The summed E-state index contributed by atoms with van der Waals surface area (Å²) in [5, 5.41) is 8.51. The second-order valence-electron chi connectivity index (χ2n) is 5.25. The number of hydrogen-bond donors (Lipinski definition) is 1. The number of unbranched alkanes of at least 4 members (excludes halogenated alkanes) is 5. The molecule has 1 rings (SSSR count). The average molecular weight is 280 g/mol. The van der Waals surface area contributed by atoms with Gasteiger partial charge in [-0.3, -0.25) is 9.36 Å². The second-order valence-corrected chi connectivity index (χ2v) is 5.25. The number of hydrogen-bond acceptors (Lipinski definition) is 3. The molecule has 112 valence electrons. The van der Waals surface area contributed by atoms with Gasteiger partial charge in [-0.15, -0.1) is 0 Å². The van der Waals surface area contributed by atoms with Crippen molar-refractivity contribution in [3.05, 3.63) is 27.9 Å². The first-order valence-electron chi connectivity index (χ1n) is 7.27. The summed E-state index contributed by atoms with van der Waals surface area (Å²) in [7, 11) is 0. The van der Waals surface area contributed by atoms with Gasteiger partial charge in [0.25, 0.3) is 0 Å². The Morgan fingerprint density at radius 3 is 2.40 bits per heavy atom. The number of carbonyl (C=O) groups is 1. The first kappa shape index (κ1) is 16.4. The summed E-state index contributed by atoms with van der Waals surface area (Å²) in [6.45, 7) is 4.51. The van der Waals surface area contributed by atoms with Gasteiger partial charge in [0.1, 0.15) is 0 Å². The highest BCUT2D eigenvalue weighted by atomic mass is 16.4. The summed E-state index contributed by atoms with van der Waals surface area (Å²) >= 11 is 0. The molecule has 0 radical (unpaired) electrons. The van der Waals surface area contributed by atoms with E-state index in [1.54, 1.807) is 4.57 Å². The van der Waals surface area contributed by atoms with Crippen LogP contribution in [0.25, 0.3) is 0 Å². The number of carboxylic acids is 1. The number of aliphatic carboxylic acids is 1. The predicted molar refractivity (Wildman–Crippen MR) is 77.9 cm³/mol. The Morgan fingerprint density at radius 2 is 1.75 bits per heavy atom. The summed E-state index contributed by atoms with van der Waals surface area (Å²) in [6, 6.07) is 0. The Hall–Kier alpha value is -1.65. The minimum atomic E-state index is -0.716. The third kappa shape index (κ3) is 5.99. The van der Waals surface area contributed by atoms with E-state index in [1.807, 2.05) is 20.0 Å². The fourth-order valence-corrected chi connectivity index (χ4v) is 2.10. The summed E-state index contributed by atoms with van der Waals surface area (Å²) in [6.07, 6.45) is 8.05. The Morgan fingerprint density at radius 1 is 1.15 bits per heavy atom. The Kier molecular flexibility index (Phi) is 6.98. The molecule has 20 heavy (non-hydrogen) atoms. The first-order valence-corrected chi connectivity index (χ1v) is 7.27. The molecule has 0 unspecified atom stereocenters. The van der Waals surface area contributed by atoms with Crippen LogP contribution < -0.4 is 5.69 Å². The molecule has 0 saturated carbocycles. The van der Waals surface area contributed by atoms with Crippen LogP contribution in [0.2, 0.25) is 0 Å². The molecule has 1 aromatic rings. The van der Waals surface area contributed by atoms with E-state index in [9.17, 15) is 9.59 Å². The Balaban J connectivity index is 2.17. The van der Waals surface area contributed by atoms with Crippen LogP contribution in [0.3, 0.4) is 0 Å². The number of carboxylic acid groups (broad SMARTS) is 1. The van der Waals surface area contributed by atoms with Gasteiger partial charge in [-0.2, -0.15) is 4.98 Å². The minimum Gasteiger partial charge on any atom is -0.481 e. The SMILES string of the molecule is Cc1cn(CCCCCCCCC(=O)O)c(=O)nc1C. The number of aryl methyl sites for hydroxylation is 3. The molecule has 0 aliphatic heterocycles. The number of rotatable bonds is 9. The van der Waals surface area contributed by atoms with E-state index >= 15 is 0 Å². The van der Waals surface area contributed by atoms with Gasteiger partial charge in [-0.05, 0) is 32.3 Å². The van der Waals surface area contributed by atoms with Gasteiger partial charge in [0, 0.05) is 24.9 Å². The van der Waals surface area contributed by atoms with Gasteiger partial charge < -0.3 is 5.11 Å². The fraction of sp³-hybridized carbons (Fsp3) is 0.667. The zero-order chi connectivity index (χ0) is 15.0. The van der Waals surface area contributed by atoms with Crippen LogP contribution in [-0.4, -0.2) is 20.6 Å². The Labute approximate surface area is 119 Å². The lowest BCUT2D eigenvalue weighted by molar-refractivity contribution is -0.137. The molecule has 5 heteroatoms. The maximum Gasteiger partial charge on any atom is 0.347 e. The van der Waals surface area contributed by atoms with Crippen LogP contribution in [0, 0.1) is 13.8 Å². The molecule has 0 aromatic carbocycles. The molecule has 1 heterocycles. The van der Waals surface area contributed by atoms with Crippen molar-refractivity contribution < 1.29 is 9.90 Å². The van der Waals surface area contributed by atoms with Gasteiger partial charge in [-0.25, -0.2) is 4.79 Å². The molecule has 0 fully saturated rings. The van der Waals surface area contributed by atoms with Crippen molar-refractivity contribution in [3.63, 3.8) is 0 Å². The van der Waals surface area contributed by atoms with Crippen LogP contribution in [-0.2, 0) is 11.3 Å². The smallest absolute Gasteiger partial charge is 0.347 e. The molecule has 0 aliphatic carbocycles.